The van der Waals surface area contributed by atoms with E-state index in [9.17, 15) is 0 Å². The third kappa shape index (κ3) is 3.99. The molecule has 0 aliphatic heterocycles. The summed E-state index contributed by atoms with van der Waals surface area (Å²) in [5, 5.41) is 3.21. The van der Waals surface area contributed by atoms with Crippen LogP contribution in [-0.4, -0.2) is 14.2 Å². The van der Waals surface area contributed by atoms with Gasteiger partial charge in [-0.3, -0.25) is 0 Å². The molecule has 0 aromatic heterocycles. The van der Waals surface area contributed by atoms with Gasteiger partial charge in [0.25, 0.3) is 0 Å². The Bertz CT molecular complexity index is 614. The molecule has 21 heavy (non-hydrogen) atoms. The minimum atomic E-state index is 0.320. The Balaban J connectivity index is 2.20. The van der Waals surface area contributed by atoms with Gasteiger partial charge in [-0.25, -0.2) is 0 Å². The first-order valence-corrected chi connectivity index (χ1v) is 8.12. The lowest BCUT2D eigenvalue weighted by Gasteiger charge is -2.13. The van der Waals surface area contributed by atoms with Gasteiger partial charge >= 0.3 is 0 Å². The molecule has 112 valence electrons. The van der Waals surface area contributed by atoms with Gasteiger partial charge in [-0.1, -0.05) is 12.1 Å². The Morgan fingerprint density at radius 2 is 1.57 bits per heavy atom. The summed E-state index contributed by atoms with van der Waals surface area (Å²) in [6.45, 7) is 2.12. The van der Waals surface area contributed by atoms with Crippen molar-refractivity contribution in [1.82, 2.24) is 5.32 Å². The van der Waals surface area contributed by atoms with Crippen molar-refractivity contribution in [3.05, 3.63) is 50.9 Å². The van der Waals surface area contributed by atoms with E-state index < -0.39 is 0 Å². The molecule has 0 aliphatic carbocycles. The lowest BCUT2D eigenvalue weighted by molar-refractivity contribution is 0.409. The lowest BCUT2D eigenvalue weighted by atomic mass is 10.1. The number of halogens is 2. The molecule has 0 bridgehead atoms. The first-order valence-electron chi connectivity index (χ1n) is 6.53. The number of hydrogen-bond acceptors (Lipinski definition) is 3. The molecule has 0 saturated carbocycles. The number of ether oxygens (including phenoxy) is 2. The van der Waals surface area contributed by atoms with Crippen LogP contribution in [0.3, 0.4) is 0 Å². The molecule has 0 aliphatic rings. The van der Waals surface area contributed by atoms with Crippen molar-refractivity contribution in [2.24, 2.45) is 0 Å². The average molecular weight is 415 g/mol. The molecule has 0 fully saturated rings. The van der Waals surface area contributed by atoms with Crippen LogP contribution in [0.4, 0.5) is 0 Å². The fraction of sp³-hybridized carbons (Fsp3) is 0.250. The third-order valence-corrected chi connectivity index (χ3v) is 4.49. The molecular weight excluding hydrogens is 398 g/mol. The van der Waals surface area contributed by atoms with Crippen molar-refractivity contribution in [3.63, 3.8) is 0 Å². The number of benzene rings is 2. The second-order valence-corrected chi connectivity index (χ2v) is 6.31. The van der Waals surface area contributed by atoms with Crippen LogP contribution in [0.1, 0.15) is 18.5 Å². The van der Waals surface area contributed by atoms with E-state index in [1.165, 1.54) is 5.56 Å². The summed E-state index contributed by atoms with van der Waals surface area (Å²) in [6, 6.07) is 12.1. The molecule has 5 heteroatoms. The van der Waals surface area contributed by atoms with Crippen LogP contribution < -0.4 is 14.8 Å². The Kier molecular flexibility index (Phi) is 5.67. The molecule has 0 radical (unpaired) electrons. The normalized spacial score (nSPS) is 12.0. The molecule has 0 amide bonds. The van der Waals surface area contributed by atoms with Gasteiger partial charge < -0.3 is 14.8 Å². The summed E-state index contributed by atoms with van der Waals surface area (Å²) >= 11 is 6.95. The van der Waals surface area contributed by atoms with Crippen LogP contribution in [0.25, 0.3) is 0 Å². The summed E-state index contributed by atoms with van der Waals surface area (Å²) in [6.07, 6.45) is 0. The number of hydrogen-bond donors (Lipinski definition) is 1. The maximum atomic E-state index is 5.91. The average Bonchev–Trinajstić information content (AvgIpc) is 2.50. The number of nitrogens with one attached hydrogen (secondary N) is 1. The Labute approximate surface area is 141 Å². The van der Waals surface area contributed by atoms with E-state index in [1.807, 2.05) is 31.3 Å². The van der Waals surface area contributed by atoms with E-state index in [2.05, 4.69) is 56.2 Å². The molecule has 0 heterocycles. The van der Waals surface area contributed by atoms with E-state index in [0.717, 1.165) is 26.2 Å². The summed E-state index contributed by atoms with van der Waals surface area (Å²) in [4.78, 5) is 0. The van der Waals surface area contributed by atoms with Crippen molar-refractivity contribution < 1.29 is 9.47 Å². The molecule has 3 nitrogen and oxygen atoms in total. The molecule has 1 unspecified atom stereocenters. The van der Waals surface area contributed by atoms with Crippen molar-refractivity contribution in [3.8, 4) is 17.2 Å². The SMILES string of the molecule is CNC(C)c1ccc(Oc2cc(Br)c(OC)cc2Br)cc1. The van der Waals surface area contributed by atoms with Gasteiger partial charge in [-0.2, -0.15) is 0 Å². The second-order valence-electron chi connectivity index (χ2n) is 4.60. The van der Waals surface area contributed by atoms with E-state index in [4.69, 9.17) is 9.47 Å². The maximum absolute atomic E-state index is 5.91. The second kappa shape index (κ2) is 7.29. The van der Waals surface area contributed by atoms with Crippen molar-refractivity contribution in [2.75, 3.05) is 14.2 Å². The summed E-state index contributed by atoms with van der Waals surface area (Å²) in [5.41, 5.74) is 1.22. The zero-order valence-corrected chi connectivity index (χ0v) is 15.3. The smallest absolute Gasteiger partial charge is 0.143 e. The van der Waals surface area contributed by atoms with Crippen LogP contribution in [-0.2, 0) is 0 Å². The molecule has 1 N–H and O–H groups in total. The van der Waals surface area contributed by atoms with E-state index >= 15 is 0 Å². The van der Waals surface area contributed by atoms with Crippen LogP contribution in [0.15, 0.2) is 45.3 Å². The lowest BCUT2D eigenvalue weighted by Crippen LogP contribution is -2.11. The monoisotopic (exact) mass is 413 g/mol. The zero-order valence-electron chi connectivity index (χ0n) is 12.1. The van der Waals surface area contributed by atoms with Gasteiger partial charge in [0.15, 0.2) is 0 Å². The standard InChI is InChI=1S/C16H17Br2NO2/c1-10(19-2)11-4-6-12(7-5-11)21-16-9-13(17)15(20-3)8-14(16)18/h4-10,19H,1-3H3. The Hall–Kier alpha value is -1.04. The fourth-order valence-electron chi connectivity index (χ4n) is 1.86. The van der Waals surface area contributed by atoms with Gasteiger partial charge in [-0.15, -0.1) is 0 Å². The van der Waals surface area contributed by atoms with E-state index in [1.54, 1.807) is 7.11 Å². The molecule has 2 aromatic rings. The van der Waals surface area contributed by atoms with E-state index in [-0.39, 0.29) is 0 Å². The largest absolute Gasteiger partial charge is 0.496 e. The predicted octanol–water partition coefficient (Wildman–Crippen LogP) is 5.29. The number of methoxy groups -OCH3 is 1. The van der Waals surface area contributed by atoms with Crippen molar-refractivity contribution in [2.45, 2.75) is 13.0 Å². The van der Waals surface area contributed by atoms with Gasteiger partial charge in [0.2, 0.25) is 0 Å². The van der Waals surface area contributed by atoms with Crippen LogP contribution in [0.5, 0.6) is 17.2 Å². The molecule has 0 saturated heterocycles. The summed E-state index contributed by atoms with van der Waals surface area (Å²) < 4.78 is 12.8. The topological polar surface area (TPSA) is 30.5 Å². The molecule has 2 rings (SSSR count). The highest BCUT2D eigenvalue weighted by Gasteiger charge is 2.09. The van der Waals surface area contributed by atoms with Crippen LogP contribution >= 0.6 is 31.9 Å². The minimum absolute atomic E-state index is 0.320. The third-order valence-electron chi connectivity index (χ3n) is 3.25. The Morgan fingerprint density at radius 1 is 1.00 bits per heavy atom. The maximum Gasteiger partial charge on any atom is 0.143 e. The van der Waals surface area contributed by atoms with Crippen LogP contribution in [0, 0.1) is 0 Å². The highest BCUT2D eigenvalue weighted by Crippen LogP contribution is 2.38. The molecular formula is C16H17Br2NO2. The first kappa shape index (κ1) is 16.3. The quantitative estimate of drug-likeness (QED) is 0.720. The fourth-order valence-corrected chi connectivity index (χ4v) is 2.75. The van der Waals surface area contributed by atoms with Gasteiger partial charge in [-0.05, 0) is 75.7 Å². The molecule has 1 atom stereocenters. The van der Waals surface area contributed by atoms with E-state index in [0.29, 0.717) is 6.04 Å². The van der Waals surface area contributed by atoms with Crippen molar-refractivity contribution >= 4 is 31.9 Å². The van der Waals surface area contributed by atoms with Gasteiger partial charge in [0, 0.05) is 6.04 Å². The summed E-state index contributed by atoms with van der Waals surface area (Å²) in [7, 11) is 3.58. The predicted molar refractivity (Wildman–Crippen MR) is 92.4 cm³/mol. The zero-order chi connectivity index (χ0) is 15.4. The summed E-state index contributed by atoms with van der Waals surface area (Å²) in [5.74, 6) is 2.28. The first-order chi connectivity index (χ1) is 10.0. The highest BCUT2D eigenvalue weighted by atomic mass is 79.9. The number of rotatable bonds is 5. The van der Waals surface area contributed by atoms with Gasteiger partial charge in [0.1, 0.15) is 17.2 Å². The Morgan fingerprint density at radius 3 is 2.14 bits per heavy atom. The van der Waals surface area contributed by atoms with Gasteiger partial charge in [0.05, 0.1) is 16.1 Å². The highest BCUT2D eigenvalue weighted by molar-refractivity contribution is 9.11. The van der Waals surface area contributed by atoms with Crippen molar-refractivity contribution in [1.29, 1.82) is 0 Å². The minimum Gasteiger partial charge on any atom is -0.496 e. The molecule has 0 spiro atoms. The molecule has 2 aromatic carbocycles. The van der Waals surface area contributed by atoms with Crippen LogP contribution in [0.2, 0.25) is 0 Å².